The van der Waals surface area contributed by atoms with Crippen LogP contribution in [0.1, 0.15) is 47.8 Å². The number of amides is 1. The number of nitrogens with one attached hydrogen (secondary N) is 2. The van der Waals surface area contributed by atoms with Crippen LogP contribution < -0.4 is 19.5 Å². The summed E-state index contributed by atoms with van der Waals surface area (Å²) in [6, 6.07) is 9.40. The summed E-state index contributed by atoms with van der Waals surface area (Å²) in [6.45, 7) is 6.02. The normalized spacial score (nSPS) is 12.3. The fourth-order valence-corrected chi connectivity index (χ4v) is 4.38. The average Bonchev–Trinajstić information content (AvgIpc) is 2.71. The molecule has 0 unspecified atom stereocenters. The molecule has 0 aromatic heterocycles. The molecule has 0 spiro atoms. The molecule has 2 aromatic rings. The second-order valence-corrected chi connectivity index (χ2v) is 8.25. The van der Waals surface area contributed by atoms with Gasteiger partial charge in [0, 0.05) is 12.6 Å². The fourth-order valence-electron chi connectivity index (χ4n) is 3.05. The Balaban J connectivity index is 2.37. The van der Waals surface area contributed by atoms with E-state index in [4.69, 9.17) is 9.47 Å². The highest BCUT2D eigenvalue weighted by atomic mass is 32.2. The number of benzene rings is 2. The summed E-state index contributed by atoms with van der Waals surface area (Å²) in [7, 11) is -0.832. The van der Waals surface area contributed by atoms with E-state index in [2.05, 4.69) is 10.0 Å². The van der Waals surface area contributed by atoms with E-state index < -0.39 is 16.1 Å². The first-order valence-electron chi connectivity index (χ1n) is 9.40. The van der Waals surface area contributed by atoms with Gasteiger partial charge in [-0.25, -0.2) is 13.1 Å². The number of methoxy groups -OCH3 is 2. The first kappa shape index (κ1) is 22.7. The van der Waals surface area contributed by atoms with Gasteiger partial charge in [-0.15, -0.1) is 0 Å². The van der Waals surface area contributed by atoms with Gasteiger partial charge in [0.05, 0.1) is 24.7 Å². The molecule has 0 saturated heterocycles. The average molecular weight is 421 g/mol. The van der Waals surface area contributed by atoms with Crippen LogP contribution in [-0.4, -0.2) is 35.1 Å². The smallest absolute Gasteiger partial charge is 0.255 e. The monoisotopic (exact) mass is 420 g/mol. The van der Waals surface area contributed by atoms with Crippen molar-refractivity contribution in [1.29, 1.82) is 0 Å². The van der Waals surface area contributed by atoms with Crippen molar-refractivity contribution >= 4 is 15.9 Å². The molecule has 2 aromatic carbocycles. The van der Waals surface area contributed by atoms with Crippen molar-refractivity contribution in [1.82, 2.24) is 10.0 Å². The van der Waals surface area contributed by atoms with Crippen LogP contribution in [-0.2, 0) is 10.0 Å². The van der Waals surface area contributed by atoms with Crippen LogP contribution >= 0.6 is 0 Å². The predicted octanol–water partition coefficient (Wildman–Crippen LogP) is 3.19. The van der Waals surface area contributed by atoms with Crippen LogP contribution in [0.15, 0.2) is 41.3 Å². The first-order chi connectivity index (χ1) is 13.8. The highest BCUT2D eigenvalue weighted by Crippen LogP contribution is 2.27. The zero-order chi connectivity index (χ0) is 21.6. The van der Waals surface area contributed by atoms with Gasteiger partial charge in [0.2, 0.25) is 10.0 Å². The predicted molar refractivity (Wildman–Crippen MR) is 112 cm³/mol. The van der Waals surface area contributed by atoms with E-state index in [1.54, 1.807) is 14.0 Å². The number of rotatable bonds is 9. The zero-order valence-corrected chi connectivity index (χ0v) is 18.2. The molecule has 7 nitrogen and oxygen atoms in total. The second-order valence-electron chi connectivity index (χ2n) is 6.53. The number of carbonyl (C=O) groups is 1. The van der Waals surface area contributed by atoms with Crippen molar-refractivity contribution in [2.45, 2.75) is 38.1 Å². The Bertz CT molecular complexity index is 973. The molecule has 8 heteroatoms. The number of hydrogen-bond donors (Lipinski definition) is 2. The highest BCUT2D eigenvalue weighted by molar-refractivity contribution is 7.89. The van der Waals surface area contributed by atoms with Gasteiger partial charge in [-0.05, 0) is 55.7 Å². The minimum atomic E-state index is -3.86. The van der Waals surface area contributed by atoms with Crippen LogP contribution in [0.5, 0.6) is 11.5 Å². The molecular weight excluding hydrogens is 392 g/mol. The maximum absolute atomic E-state index is 13.0. The van der Waals surface area contributed by atoms with Crippen LogP contribution in [0, 0.1) is 6.92 Å². The molecule has 2 rings (SSSR count). The van der Waals surface area contributed by atoms with E-state index in [1.165, 1.54) is 25.3 Å². The molecule has 158 valence electrons. The topological polar surface area (TPSA) is 93.7 Å². The summed E-state index contributed by atoms with van der Waals surface area (Å²) >= 11 is 0. The molecule has 0 aliphatic rings. The Morgan fingerprint density at radius 3 is 2.24 bits per heavy atom. The Morgan fingerprint density at radius 2 is 1.69 bits per heavy atom. The van der Waals surface area contributed by atoms with E-state index >= 15 is 0 Å². The largest absolute Gasteiger partial charge is 0.496 e. The standard InChI is InChI=1S/C21H28N2O5S/c1-6-18(15-8-10-19(27-4)14(3)12-15)23-29(25,26)16-9-11-20(28-5)17(13-16)21(24)22-7-2/h8-13,18,23H,6-7H2,1-5H3,(H,22,24)/t18-/m1/s1. The van der Waals surface area contributed by atoms with Gasteiger partial charge in [-0.1, -0.05) is 19.1 Å². The zero-order valence-electron chi connectivity index (χ0n) is 17.4. The van der Waals surface area contributed by atoms with Gasteiger partial charge in [0.15, 0.2) is 0 Å². The number of aryl methyl sites for hydroxylation is 1. The lowest BCUT2D eigenvalue weighted by Gasteiger charge is -2.19. The maximum atomic E-state index is 13.0. The molecule has 0 aliphatic heterocycles. The molecule has 0 bridgehead atoms. The first-order valence-corrected chi connectivity index (χ1v) is 10.9. The van der Waals surface area contributed by atoms with Gasteiger partial charge in [-0.2, -0.15) is 0 Å². The quantitative estimate of drug-likeness (QED) is 0.650. The van der Waals surface area contributed by atoms with E-state index in [0.29, 0.717) is 18.7 Å². The lowest BCUT2D eigenvalue weighted by Crippen LogP contribution is -2.29. The molecule has 2 N–H and O–H groups in total. The van der Waals surface area contributed by atoms with Gasteiger partial charge >= 0.3 is 0 Å². The Kier molecular flexibility index (Phi) is 7.64. The Labute approximate surface area is 172 Å². The minimum absolute atomic E-state index is 0.00300. The van der Waals surface area contributed by atoms with Gasteiger partial charge in [0.25, 0.3) is 5.91 Å². The molecule has 0 heterocycles. The van der Waals surface area contributed by atoms with Crippen molar-refractivity contribution in [3.63, 3.8) is 0 Å². The van der Waals surface area contributed by atoms with Crippen molar-refractivity contribution in [3.8, 4) is 11.5 Å². The Morgan fingerprint density at radius 1 is 1.03 bits per heavy atom. The third kappa shape index (κ3) is 5.27. The lowest BCUT2D eigenvalue weighted by atomic mass is 10.0. The van der Waals surface area contributed by atoms with Gasteiger partial charge in [-0.3, -0.25) is 4.79 Å². The molecule has 1 amide bonds. The van der Waals surface area contributed by atoms with Gasteiger partial charge < -0.3 is 14.8 Å². The van der Waals surface area contributed by atoms with Crippen LogP contribution in [0.2, 0.25) is 0 Å². The van der Waals surface area contributed by atoms with Crippen molar-refractivity contribution in [2.24, 2.45) is 0 Å². The number of ether oxygens (including phenoxy) is 2. The third-order valence-corrected chi connectivity index (χ3v) is 6.06. The molecular formula is C21H28N2O5S. The number of carbonyl (C=O) groups excluding carboxylic acids is 1. The molecule has 0 fully saturated rings. The second kappa shape index (κ2) is 9.76. The maximum Gasteiger partial charge on any atom is 0.255 e. The summed E-state index contributed by atoms with van der Waals surface area (Å²) in [6.07, 6.45) is 0.560. The molecule has 0 saturated carbocycles. The van der Waals surface area contributed by atoms with E-state index in [9.17, 15) is 13.2 Å². The number of sulfonamides is 1. The van der Waals surface area contributed by atoms with Crippen LogP contribution in [0.25, 0.3) is 0 Å². The Hall–Kier alpha value is -2.58. The molecule has 0 aliphatic carbocycles. The summed E-state index contributed by atoms with van der Waals surface area (Å²) in [5.41, 5.74) is 1.93. The van der Waals surface area contributed by atoms with Crippen molar-refractivity contribution in [3.05, 3.63) is 53.1 Å². The SMILES string of the molecule is CCNC(=O)c1cc(S(=O)(=O)N[C@H](CC)c2ccc(OC)c(C)c2)ccc1OC. The summed E-state index contributed by atoms with van der Waals surface area (Å²) in [5.74, 6) is 0.667. The summed E-state index contributed by atoms with van der Waals surface area (Å²) < 4.78 is 39.2. The van der Waals surface area contributed by atoms with Crippen LogP contribution in [0.3, 0.4) is 0 Å². The van der Waals surface area contributed by atoms with Crippen molar-refractivity contribution < 1.29 is 22.7 Å². The van der Waals surface area contributed by atoms with Crippen LogP contribution in [0.4, 0.5) is 0 Å². The van der Waals surface area contributed by atoms with E-state index in [0.717, 1.165) is 16.9 Å². The fraction of sp³-hybridized carbons (Fsp3) is 0.381. The van der Waals surface area contributed by atoms with Crippen molar-refractivity contribution in [2.75, 3.05) is 20.8 Å². The molecule has 1 atom stereocenters. The highest BCUT2D eigenvalue weighted by Gasteiger charge is 2.23. The molecule has 0 radical (unpaired) electrons. The molecule has 29 heavy (non-hydrogen) atoms. The van der Waals surface area contributed by atoms with E-state index in [-0.39, 0.29) is 16.4 Å². The summed E-state index contributed by atoms with van der Waals surface area (Å²) in [4.78, 5) is 12.3. The lowest BCUT2D eigenvalue weighted by molar-refractivity contribution is 0.0952. The minimum Gasteiger partial charge on any atom is -0.496 e. The third-order valence-electron chi connectivity index (χ3n) is 4.59. The summed E-state index contributed by atoms with van der Waals surface area (Å²) in [5, 5.41) is 2.66. The van der Waals surface area contributed by atoms with E-state index in [1.807, 2.05) is 32.0 Å². The van der Waals surface area contributed by atoms with Gasteiger partial charge in [0.1, 0.15) is 11.5 Å². The number of hydrogen-bond acceptors (Lipinski definition) is 5.